The van der Waals surface area contributed by atoms with Crippen LogP contribution in [0.4, 0.5) is 21.0 Å². The van der Waals surface area contributed by atoms with E-state index in [9.17, 15) is 19.2 Å². The SMILES string of the molecule is O=C(Nc1ccc(CC2(c3ccccc3)Cc3ccc(NC(=O)[C@@H]4CCCN4C(=O)OCc4ccccc4)cc3C2)cc1)[C@@H]1CCCN1C(=O)OCc1ccccc1. The number of hydrogen-bond acceptors (Lipinski definition) is 6. The Morgan fingerprint density at radius 3 is 1.59 bits per heavy atom. The number of ether oxygens (including phenoxy) is 2. The van der Waals surface area contributed by atoms with Crippen LogP contribution < -0.4 is 10.6 Å². The Kier molecular flexibility index (Phi) is 11.5. The van der Waals surface area contributed by atoms with E-state index < -0.39 is 24.3 Å². The molecule has 0 radical (unpaired) electrons. The van der Waals surface area contributed by atoms with Crippen molar-refractivity contribution >= 4 is 35.4 Å². The van der Waals surface area contributed by atoms with E-state index in [0.29, 0.717) is 37.3 Å². The Labute approximate surface area is 339 Å². The highest BCUT2D eigenvalue weighted by atomic mass is 16.6. The van der Waals surface area contributed by atoms with E-state index in [2.05, 4.69) is 59.2 Å². The smallest absolute Gasteiger partial charge is 0.410 e. The van der Waals surface area contributed by atoms with Crippen molar-refractivity contribution < 1.29 is 28.7 Å². The first-order valence-electron chi connectivity index (χ1n) is 20.2. The highest BCUT2D eigenvalue weighted by Crippen LogP contribution is 2.43. The van der Waals surface area contributed by atoms with Gasteiger partial charge in [-0.2, -0.15) is 0 Å². The fraction of sp³-hybridized carbons (Fsp3) is 0.292. The number of carbonyl (C=O) groups is 4. The first kappa shape index (κ1) is 38.5. The summed E-state index contributed by atoms with van der Waals surface area (Å²) in [6.45, 7) is 1.28. The molecule has 4 amide bonds. The van der Waals surface area contributed by atoms with Gasteiger partial charge in [-0.05, 0) is 103 Å². The summed E-state index contributed by atoms with van der Waals surface area (Å²) in [5.74, 6) is -0.433. The summed E-state index contributed by atoms with van der Waals surface area (Å²) in [7, 11) is 0. The summed E-state index contributed by atoms with van der Waals surface area (Å²) in [4.78, 5) is 56.0. The summed E-state index contributed by atoms with van der Waals surface area (Å²) >= 11 is 0. The normalized spacial score (nSPS) is 19.7. The standard InChI is InChI=1S/C48H48N4O6/c53-44(42-18-10-26-51(42)46(55)57-32-35-12-4-1-5-13-35)49-40-23-20-34(21-24-40)29-48(39-16-8-3-9-17-39)30-37-22-25-41(28-38(37)31-48)50-45(54)43-19-11-27-52(43)47(56)58-33-36-14-6-2-7-15-36/h1-9,12-17,20-25,28,42-43H,10-11,18-19,26-27,29-33H2,(H,49,53)(H,50,54)/t42-,43-,48?/m0/s1. The van der Waals surface area contributed by atoms with Crippen molar-refractivity contribution in [2.75, 3.05) is 23.7 Å². The van der Waals surface area contributed by atoms with Crippen LogP contribution in [0.15, 0.2) is 133 Å². The number of benzene rings is 5. The molecule has 1 aliphatic carbocycles. The van der Waals surface area contributed by atoms with Gasteiger partial charge in [0, 0.05) is 29.9 Å². The number of hydrogen-bond donors (Lipinski definition) is 2. The Bertz CT molecular complexity index is 2230. The second-order valence-corrected chi connectivity index (χ2v) is 15.6. The molecule has 3 atom stereocenters. The molecule has 3 aliphatic rings. The Morgan fingerprint density at radius 2 is 1.03 bits per heavy atom. The summed E-state index contributed by atoms with van der Waals surface area (Å²) in [6.07, 6.45) is 4.07. The molecule has 58 heavy (non-hydrogen) atoms. The lowest BCUT2D eigenvalue weighted by molar-refractivity contribution is -0.120. The summed E-state index contributed by atoms with van der Waals surface area (Å²) in [5, 5.41) is 6.13. The van der Waals surface area contributed by atoms with Crippen LogP contribution >= 0.6 is 0 Å². The molecule has 1 unspecified atom stereocenters. The average Bonchev–Trinajstić information content (AvgIpc) is 4.04. The zero-order chi connectivity index (χ0) is 39.9. The van der Waals surface area contributed by atoms with E-state index in [-0.39, 0.29) is 30.4 Å². The predicted molar refractivity (Wildman–Crippen MR) is 222 cm³/mol. The predicted octanol–water partition coefficient (Wildman–Crippen LogP) is 8.45. The number of rotatable bonds is 11. The highest BCUT2D eigenvalue weighted by molar-refractivity contribution is 5.97. The van der Waals surface area contributed by atoms with Crippen molar-refractivity contribution in [3.05, 3.63) is 167 Å². The Morgan fingerprint density at radius 1 is 0.552 bits per heavy atom. The number of anilines is 2. The first-order chi connectivity index (χ1) is 28.3. The summed E-state index contributed by atoms with van der Waals surface area (Å²) in [5.41, 5.74) is 7.75. The molecular formula is C48H48N4O6. The van der Waals surface area contributed by atoms with Crippen molar-refractivity contribution in [1.29, 1.82) is 0 Å². The molecule has 2 fully saturated rings. The van der Waals surface area contributed by atoms with Crippen LogP contribution in [0.5, 0.6) is 0 Å². The number of likely N-dealkylation sites (tertiary alicyclic amines) is 2. The zero-order valence-electron chi connectivity index (χ0n) is 32.5. The lowest BCUT2D eigenvalue weighted by Gasteiger charge is -2.30. The summed E-state index contributed by atoms with van der Waals surface area (Å²) in [6, 6.07) is 42.5. The molecule has 5 aromatic carbocycles. The molecule has 2 saturated heterocycles. The molecule has 10 nitrogen and oxygen atoms in total. The van der Waals surface area contributed by atoms with Gasteiger partial charge in [0.25, 0.3) is 0 Å². The molecule has 2 aliphatic heterocycles. The monoisotopic (exact) mass is 776 g/mol. The maximum absolute atomic E-state index is 13.6. The van der Waals surface area contributed by atoms with E-state index in [0.717, 1.165) is 48.8 Å². The van der Waals surface area contributed by atoms with E-state index in [4.69, 9.17) is 9.47 Å². The molecule has 2 heterocycles. The van der Waals surface area contributed by atoms with E-state index in [1.807, 2.05) is 84.9 Å². The van der Waals surface area contributed by atoms with Crippen LogP contribution in [0.2, 0.25) is 0 Å². The molecule has 0 aromatic heterocycles. The molecule has 8 rings (SSSR count). The van der Waals surface area contributed by atoms with Crippen LogP contribution in [0.3, 0.4) is 0 Å². The lowest BCUT2D eigenvalue weighted by atomic mass is 9.73. The fourth-order valence-corrected chi connectivity index (χ4v) is 8.72. The van der Waals surface area contributed by atoms with Crippen molar-refractivity contribution in [3.63, 3.8) is 0 Å². The summed E-state index contributed by atoms with van der Waals surface area (Å²) < 4.78 is 11.1. The van der Waals surface area contributed by atoms with Crippen molar-refractivity contribution in [3.8, 4) is 0 Å². The molecule has 296 valence electrons. The molecule has 2 N–H and O–H groups in total. The zero-order valence-corrected chi connectivity index (χ0v) is 32.5. The molecule has 0 saturated carbocycles. The van der Waals surface area contributed by atoms with Gasteiger partial charge in [-0.15, -0.1) is 0 Å². The van der Waals surface area contributed by atoms with E-state index in [1.165, 1.54) is 26.5 Å². The molecule has 0 spiro atoms. The number of fused-ring (bicyclic) bond motifs is 1. The van der Waals surface area contributed by atoms with Crippen molar-refractivity contribution in [2.24, 2.45) is 0 Å². The molecule has 0 bridgehead atoms. The third-order valence-corrected chi connectivity index (χ3v) is 11.7. The van der Waals surface area contributed by atoms with Gasteiger partial charge in [0.15, 0.2) is 0 Å². The van der Waals surface area contributed by atoms with Gasteiger partial charge >= 0.3 is 12.2 Å². The minimum atomic E-state index is -0.591. The average molecular weight is 777 g/mol. The highest BCUT2D eigenvalue weighted by Gasteiger charge is 2.40. The third kappa shape index (κ3) is 8.76. The second-order valence-electron chi connectivity index (χ2n) is 15.6. The van der Waals surface area contributed by atoms with Crippen molar-refractivity contribution in [1.82, 2.24) is 9.80 Å². The van der Waals surface area contributed by atoms with Gasteiger partial charge in [0.05, 0.1) is 0 Å². The van der Waals surface area contributed by atoms with Gasteiger partial charge < -0.3 is 20.1 Å². The van der Waals surface area contributed by atoms with E-state index in [1.54, 1.807) is 0 Å². The van der Waals surface area contributed by atoms with Crippen LogP contribution in [0.25, 0.3) is 0 Å². The van der Waals surface area contributed by atoms with Gasteiger partial charge in [0.1, 0.15) is 25.3 Å². The van der Waals surface area contributed by atoms with Gasteiger partial charge in [-0.25, -0.2) is 9.59 Å². The molecule has 10 heteroatoms. The molecule has 5 aromatic rings. The Balaban J connectivity index is 0.902. The largest absolute Gasteiger partial charge is 0.445 e. The van der Waals surface area contributed by atoms with Crippen molar-refractivity contribution in [2.45, 2.75) is 75.7 Å². The van der Waals surface area contributed by atoms with Gasteiger partial charge in [-0.3, -0.25) is 19.4 Å². The van der Waals surface area contributed by atoms with Gasteiger partial charge in [-0.1, -0.05) is 109 Å². The van der Waals surface area contributed by atoms with Gasteiger partial charge in [0.2, 0.25) is 11.8 Å². The fourth-order valence-electron chi connectivity index (χ4n) is 8.72. The van der Waals surface area contributed by atoms with Crippen LogP contribution in [-0.4, -0.2) is 59.0 Å². The quantitative estimate of drug-likeness (QED) is 0.139. The maximum Gasteiger partial charge on any atom is 0.410 e. The number of nitrogens with zero attached hydrogens (tertiary/aromatic N) is 2. The van der Waals surface area contributed by atoms with Crippen LogP contribution in [-0.2, 0) is 57.0 Å². The van der Waals surface area contributed by atoms with Crippen LogP contribution in [0, 0.1) is 0 Å². The first-order valence-corrected chi connectivity index (χ1v) is 20.2. The minimum Gasteiger partial charge on any atom is -0.445 e. The lowest BCUT2D eigenvalue weighted by Crippen LogP contribution is -2.43. The second kappa shape index (κ2) is 17.4. The van der Waals surface area contributed by atoms with E-state index >= 15 is 0 Å². The molecular weight excluding hydrogens is 729 g/mol. The number of nitrogens with one attached hydrogen (secondary N) is 2. The minimum absolute atomic E-state index is 0.161. The Hall–Kier alpha value is -6.42. The maximum atomic E-state index is 13.6. The third-order valence-electron chi connectivity index (χ3n) is 11.7. The number of carbonyl (C=O) groups excluding carboxylic acids is 4. The number of amides is 4. The topological polar surface area (TPSA) is 117 Å². The van der Waals surface area contributed by atoms with Crippen LogP contribution in [0.1, 0.15) is 59.1 Å².